The molecule has 1 saturated carbocycles. The van der Waals surface area contributed by atoms with Gasteiger partial charge in [-0.05, 0) is 42.9 Å². The molecular formula is C15H18Cl3NO. The van der Waals surface area contributed by atoms with Crippen molar-refractivity contribution in [1.82, 2.24) is 5.32 Å². The molecule has 5 heteroatoms. The van der Waals surface area contributed by atoms with Crippen LogP contribution < -0.4 is 5.32 Å². The highest BCUT2D eigenvalue weighted by Crippen LogP contribution is 2.27. The maximum Gasteiger partial charge on any atom is 0.224 e. The van der Waals surface area contributed by atoms with Crippen molar-refractivity contribution >= 4 is 40.7 Å². The van der Waals surface area contributed by atoms with Gasteiger partial charge in [-0.3, -0.25) is 4.79 Å². The SMILES string of the molecule is O=C(Cc1ccc(Cl)c(Cl)c1)NCC1CCCC(Cl)C1. The number of carbonyl (C=O) groups is 1. The summed E-state index contributed by atoms with van der Waals surface area (Å²) in [7, 11) is 0. The molecule has 1 fully saturated rings. The smallest absolute Gasteiger partial charge is 0.224 e. The van der Waals surface area contributed by atoms with Crippen LogP contribution in [0, 0.1) is 5.92 Å². The fraction of sp³-hybridized carbons (Fsp3) is 0.533. The summed E-state index contributed by atoms with van der Waals surface area (Å²) in [4.78, 5) is 11.9. The van der Waals surface area contributed by atoms with Crippen molar-refractivity contribution in [1.29, 1.82) is 0 Å². The van der Waals surface area contributed by atoms with Gasteiger partial charge in [0.05, 0.1) is 16.5 Å². The molecule has 1 aromatic carbocycles. The molecule has 0 spiro atoms. The lowest BCUT2D eigenvalue weighted by Crippen LogP contribution is -2.32. The van der Waals surface area contributed by atoms with Crippen LogP contribution in [0.3, 0.4) is 0 Å². The van der Waals surface area contributed by atoms with E-state index >= 15 is 0 Å². The molecule has 1 aliphatic carbocycles. The molecule has 1 N–H and O–H groups in total. The number of amides is 1. The number of hydrogen-bond acceptors (Lipinski definition) is 1. The van der Waals surface area contributed by atoms with Crippen LogP contribution in [0.4, 0.5) is 0 Å². The van der Waals surface area contributed by atoms with Gasteiger partial charge in [-0.1, -0.05) is 35.7 Å². The predicted molar refractivity (Wildman–Crippen MR) is 84.8 cm³/mol. The lowest BCUT2D eigenvalue weighted by Gasteiger charge is -2.25. The maximum atomic E-state index is 11.9. The van der Waals surface area contributed by atoms with Gasteiger partial charge in [0, 0.05) is 11.9 Å². The Morgan fingerprint density at radius 2 is 2.05 bits per heavy atom. The van der Waals surface area contributed by atoms with Crippen molar-refractivity contribution in [2.75, 3.05) is 6.54 Å². The van der Waals surface area contributed by atoms with Crippen LogP contribution in [-0.2, 0) is 11.2 Å². The zero-order valence-electron chi connectivity index (χ0n) is 11.2. The number of alkyl halides is 1. The second-order valence-electron chi connectivity index (χ2n) is 5.36. The molecule has 1 aliphatic rings. The second-order valence-corrected chi connectivity index (χ2v) is 6.79. The van der Waals surface area contributed by atoms with Crippen LogP contribution in [-0.4, -0.2) is 17.8 Å². The molecule has 1 amide bonds. The topological polar surface area (TPSA) is 29.1 Å². The van der Waals surface area contributed by atoms with Gasteiger partial charge in [-0.25, -0.2) is 0 Å². The Morgan fingerprint density at radius 3 is 2.75 bits per heavy atom. The molecule has 1 aromatic rings. The Morgan fingerprint density at radius 1 is 1.25 bits per heavy atom. The Hall–Kier alpha value is -0.440. The highest BCUT2D eigenvalue weighted by Gasteiger charge is 2.20. The number of hydrogen-bond donors (Lipinski definition) is 1. The van der Waals surface area contributed by atoms with Crippen LogP contribution in [0.1, 0.15) is 31.2 Å². The molecule has 0 aromatic heterocycles. The Labute approximate surface area is 134 Å². The molecule has 2 nitrogen and oxygen atoms in total. The molecule has 2 unspecified atom stereocenters. The van der Waals surface area contributed by atoms with E-state index in [0.29, 0.717) is 28.9 Å². The molecular weight excluding hydrogens is 317 g/mol. The molecule has 110 valence electrons. The second kappa shape index (κ2) is 7.53. The molecule has 0 heterocycles. The molecule has 2 rings (SSSR count). The van der Waals surface area contributed by atoms with Crippen molar-refractivity contribution in [2.24, 2.45) is 5.92 Å². The number of carbonyl (C=O) groups excluding carboxylic acids is 1. The first-order valence-electron chi connectivity index (χ1n) is 6.89. The predicted octanol–water partition coefficient (Wildman–Crippen LogP) is 4.45. The highest BCUT2D eigenvalue weighted by atomic mass is 35.5. The van der Waals surface area contributed by atoms with Crippen molar-refractivity contribution in [3.8, 4) is 0 Å². The monoisotopic (exact) mass is 333 g/mol. The fourth-order valence-electron chi connectivity index (χ4n) is 2.57. The van der Waals surface area contributed by atoms with Gasteiger partial charge >= 0.3 is 0 Å². The van der Waals surface area contributed by atoms with Crippen molar-refractivity contribution in [3.63, 3.8) is 0 Å². The van der Waals surface area contributed by atoms with Crippen molar-refractivity contribution in [2.45, 2.75) is 37.5 Å². The van der Waals surface area contributed by atoms with E-state index in [2.05, 4.69) is 5.32 Å². The summed E-state index contributed by atoms with van der Waals surface area (Å²) in [5.41, 5.74) is 0.871. The standard InChI is InChI=1S/C15H18Cl3NO/c16-12-3-1-2-11(6-12)9-19-15(20)8-10-4-5-13(17)14(18)7-10/h4-5,7,11-12H,1-3,6,8-9H2,(H,19,20). The number of benzene rings is 1. The van der Waals surface area contributed by atoms with Crippen molar-refractivity contribution < 1.29 is 4.79 Å². The third-order valence-electron chi connectivity index (χ3n) is 3.66. The fourth-order valence-corrected chi connectivity index (χ4v) is 3.29. The Bertz CT molecular complexity index is 478. The number of rotatable bonds is 4. The highest BCUT2D eigenvalue weighted by molar-refractivity contribution is 6.42. The van der Waals surface area contributed by atoms with Crippen molar-refractivity contribution in [3.05, 3.63) is 33.8 Å². The van der Waals surface area contributed by atoms with E-state index in [0.717, 1.165) is 31.2 Å². The van der Waals surface area contributed by atoms with Crippen LogP contribution in [0.25, 0.3) is 0 Å². The quantitative estimate of drug-likeness (QED) is 0.810. The van der Waals surface area contributed by atoms with E-state index in [-0.39, 0.29) is 11.3 Å². The van der Waals surface area contributed by atoms with E-state index in [4.69, 9.17) is 34.8 Å². The summed E-state index contributed by atoms with van der Waals surface area (Å²) >= 11 is 17.9. The summed E-state index contributed by atoms with van der Waals surface area (Å²) in [6, 6.07) is 5.27. The third-order valence-corrected chi connectivity index (χ3v) is 4.79. The van der Waals surface area contributed by atoms with Gasteiger partial charge < -0.3 is 5.32 Å². The zero-order chi connectivity index (χ0) is 14.5. The van der Waals surface area contributed by atoms with Gasteiger partial charge in [0.2, 0.25) is 5.91 Å². The summed E-state index contributed by atoms with van der Waals surface area (Å²) in [6.07, 6.45) is 4.72. The summed E-state index contributed by atoms with van der Waals surface area (Å²) in [5.74, 6) is 0.518. The first kappa shape index (κ1) is 15.9. The van der Waals surface area contributed by atoms with E-state index in [1.807, 2.05) is 6.07 Å². The van der Waals surface area contributed by atoms with Gasteiger partial charge in [-0.15, -0.1) is 11.6 Å². The summed E-state index contributed by atoms with van der Waals surface area (Å²) in [5, 5.41) is 4.23. The minimum absolute atomic E-state index is 0.0140. The normalized spacial score (nSPS) is 22.6. The van der Waals surface area contributed by atoms with E-state index in [1.54, 1.807) is 12.1 Å². The largest absolute Gasteiger partial charge is 0.356 e. The summed E-state index contributed by atoms with van der Waals surface area (Å²) in [6.45, 7) is 0.712. The van der Waals surface area contributed by atoms with Crippen LogP contribution in [0.5, 0.6) is 0 Å². The first-order valence-corrected chi connectivity index (χ1v) is 8.08. The average molecular weight is 335 g/mol. The molecule has 0 bridgehead atoms. The minimum atomic E-state index is 0.0140. The van der Waals surface area contributed by atoms with Gasteiger partial charge in [0.1, 0.15) is 0 Å². The molecule has 0 radical (unpaired) electrons. The van der Waals surface area contributed by atoms with Crippen LogP contribution >= 0.6 is 34.8 Å². The lowest BCUT2D eigenvalue weighted by atomic mass is 9.89. The van der Waals surface area contributed by atoms with E-state index in [9.17, 15) is 4.79 Å². The summed E-state index contributed by atoms with van der Waals surface area (Å²) < 4.78 is 0. The third kappa shape index (κ3) is 4.83. The van der Waals surface area contributed by atoms with Gasteiger partial charge in [0.15, 0.2) is 0 Å². The first-order chi connectivity index (χ1) is 9.54. The minimum Gasteiger partial charge on any atom is -0.356 e. The Kier molecular flexibility index (Phi) is 6.01. The van der Waals surface area contributed by atoms with Gasteiger partial charge in [0.25, 0.3) is 0 Å². The Balaban J connectivity index is 1.78. The van der Waals surface area contributed by atoms with Crippen LogP contribution in [0.2, 0.25) is 10.0 Å². The molecule has 2 atom stereocenters. The lowest BCUT2D eigenvalue weighted by molar-refractivity contribution is -0.120. The number of nitrogens with one attached hydrogen (secondary N) is 1. The van der Waals surface area contributed by atoms with Gasteiger partial charge in [-0.2, -0.15) is 0 Å². The van der Waals surface area contributed by atoms with Crippen LogP contribution in [0.15, 0.2) is 18.2 Å². The average Bonchev–Trinajstić information content (AvgIpc) is 2.41. The number of halogens is 3. The molecule has 0 saturated heterocycles. The molecule has 20 heavy (non-hydrogen) atoms. The maximum absolute atomic E-state index is 11.9. The van der Waals surface area contributed by atoms with E-state index < -0.39 is 0 Å². The zero-order valence-corrected chi connectivity index (χ0v) is 13.4. The van der Waals surface area contributed by atoms with E-state index in [1.165, 1.54) is 0 Å². The molecule has 0 aliphatic heterocycles.